The number of H-pyrrole nitrogens is 1. The number of aromatic nitrogens is 6. The second-order valence-corrected chi connectivity index (χ2v) is 7.99. The molecule has 194 valence electrons. The van der Waals surface area contributed by atoms with Gasteiger partial charge in [-0.25, -0.2) is 14.8 Å². The number of carboxylic acid groups (broad SMARTS) is 2. The first-order chi connectivity index (χ1) is 18.2. The number of nitrogen functional groups attached to an aromatic ring is 1. The molecule has 7 N–H and O–H groups in total. The van der Waals surface area contributed by atoms with Crippen LogP contribution in [0.3, 0.4) is 0 Å². The maximum Gasteiger partial charge on any atom is 0.326 e. The van der Waals surface area contributed by atoms with Crippen molar-refractivity contribution in [2.45, 2.75) is 25.4 Å². The number of hydrogen-bond acceptors (Lipinski definition) is 11. The maximum absolute atomic E-state index is 13.0. The third-order valence-electron chi connectivity index (χ3n) is 5.31. The number of nitrogens with two attached hydrogens (primary N) is 1. The molecule has 0 spiro atoms. The molecule has 0 saturated carbocycles. The molecule has 0 aliphatic rings. The van der Waals surface area contributed by atoms with E-state index in [0.29, 0.717) is 22.6 Å². The third kappa shape index (κ3) is 6.01. The number of anilines is 2. The van der Waals surface area contributed by atoms with Gasteiger partial charge in [0.25, 0.3) is 11.5 Å². The Labute approximate surface area is 213 Å². The molecule has 4 aromatic rings. The SMILES string of the molecule is Nc1nc2ncc(CNc3ccc(C(=O)N[C@@H](CCC(=O)O)C(=O)O)c(-c4cnccn4)c3)nc2c(=O)[nH]1. The van der Waals surface area contributed by atoms with Gasteiger partial charge in [0, 0.05) is 35.6 Å². The Bertz CT molecular complexity index is 1580. The highest BCUT2D eigenvalue weighted by molar-refractivity contribution is 6.02. The van der Waals surface area contributed by atoms with Crippen molar-refractivity contribution in [1.29, 1.82) is 0 Å². The number of carbonyl (C=O) groups excluding carboxylic acids is 1. The molecule has 0 bridgehead atoms. The van der Waals surface area contributed by atoms with Gasteiger partial charge in [-0.2, -0.15) is 4.98 Å². The molecule has 0 aliphatic carbocycles. The number of rotatable bonds is 10. The summed E-state index contributed by atoms with van der Waals surface area (Å²) in [5.41, 5.74) is 6.93. The summed E-state index contributed by atoms with van der Waals surface area (Å²) in [5.74, 6) is -3.32. The summed E-state index contributed by atoms with van der Waals surface area (Å²) in [4.78, 5) is 70.5. The molecule has 38 heavy (non-hydrogen) atoms. The highest BCUT2D eigenvalue weighted by atomic mass is 16.4. The van der Waals surface area contributed by atoms with E-state index in [9.17, 15) is 24.3 Å². The molecule has 15 nitrogen and oxygen atoms in total. The molecule has 3 aromatic heterocycles. The van der Waals surface area contributed by atoms with Crippen LogP contribution in [0.2, 0.25) is 0 Å². The molecule has 0 fully saturated rings. The average Bonchev–Trinajstić information content (AvgIpc) is 2.90. The molecule has 1 atom stereocenters. The van der Waals surface area contributed by atoms with Crippen LogP contribution >= 0.6 is 0 Å². The highest BCUT2D eigenvalue weighted by Crippen LogP contribution is 2.26. The van der Waals surface area contributed by atoms with Crippen LogP contribution in [0.1, 0.15) is 28.9 Å². The highest BCUT2D eigenvalue weighted by Gasteiger charge is 2.24. The number of aliphatic carboxylic acids is 2. The van der Waals surface area contributed by atoms with Crippen LogP contribution in [0, 0.1) is 0 Å². The number of aromatic amines is 1. The van der Waals surface area contributed by atoms with E-state index < -0.39 is 35.9 Å². The van der Waals surface area contributed by atoms with Crippen LogP contribution in [0.25, 0.3) is 22.4 Å². The summed E-state index contributed by atoms with van der Waals surface area (Å²) < 4.78 is 0. The Morgan fingerprint density at radius 3 is 2.61 bits per heavy atom. The van der Waals surface area contributed by atoms with Gasteiger partial charge in [0.15, 0.2) is 11.2 Å². The summed E-state index contributed by atoms with van der Waals surface area (Å²) in [6.07, 6.45) is 5.07. The van der Waals surface area contributed by atoms with Gasteiger partial charge in [-0.3, -0.25) is 29.3 Å². The molecule has 0 unspecified atom stereocenters. The second-order valence-electron chi connectivity index (χ2n) is 7.99. The Kier molecular flexibility index (Phi) is 7.46. The first kappa shape index (κ1) is 25.6. The summed E-state index contributed by atoms with van der Waals surface area (Å²) in [5, 5.41) is 23.8. The smallest absolute Gasteiger partial charge is 0.326 e. The van der Waals surface area contributed by atoms with Crippen LogP contribution in [0.5, 0.6) is 0 Å². The van der Waals surface area contributed by atoms with Crippen molar-refractivity contribution in [1.82, 2.24) is 35.2 Å². The second kappa shape index (κ2) is 11.1. The Hall–Kier alpha value is -5.47. The lowest BCUT2D eigenvalue weighted by Crippen LogP contribution is -2.41. The largest absolute Gasteiger partial charge is 0.481 e. The number of nitrogens with one attached hydrogen (secondary N) is 3. The molecule has 3 heterocycles. The quantitative estimate of drug-likeness (QED) is 0.167. The zero-order valence-electron chi connectivity index (χ0n) is 19.6. The number of amides is 1. The monoisotopic (exact) mass is 519 g/mol. The van der Waals surface area contributed by atoms with Crippen molar-refractivity contribution in [3.8, 4) is 11.3 Å². The molecule has 0 saturated heterocycles. The van der Waals surface area contributed by atoms with Crippen molar-refractivity contribution in [2.24, 2.45) is 0 Å². The normalized spacial score (nSPS) is 11.6. The molecule has 1 aromatic carbocycles. The van der Waals surface area contributed by atoms with Crippen LogP contribution < -0.4 is 21.9 Å². The predicted octanol–water partition coefficient (Wildman–Crippen LogP) is 0.412. The molecular formula is C23H21N9O6. The molecular weight excluding hydrogens is 498 g/mol. The lowest BCUT2D eigenvalue weighted by molar-refractivity contribution is -0.140. The van der Waals surface area contributed by atoms with Gasteiger partial charge < -0.3 is 26.6 Å². The molecule has 15 heteroatoms. The fourth-order valence-corrected chi connectivity index (χ4v) is 3.51. The molecule has 4 rings (SSSR count). The number of benzene rings is 1. The van der Waals surface area contributed by atoms with Crippen molar-refractivity contribution in [2.75, 3.05) is 11.1 Å². The summed E-state index contributed by atoms with van der Waals surface area (Å²) >= 11 is 0. The predicted molar refractivity (Wildman–Crippen MR) is 133 cm³/mol. The van der Waals surface area contributed by atoms with Crippen molar-refractivity contribution in [3.05, 3.63) is 64.6 Å². The van der Waals surface area contributed by atoms with E-state index in [2.05, 4.69) is 40.5 Å². The van der Waals surface area contributed by atoms with Gasteiger partial charge >= 0.3 is 11.9 Å². The van der Waals surface area contributed by atoms with E-state index in [4.69, 9.17) is 10.8 Å². The molecule has 0 radical (unpaired) electrons. The average molecular weight is 519 g/mol. The van der Waals surface area contributed by atoms with E-state index in [1.54, 1.807) is 12.1 Å². The van der Waals surface area contributed by atoms with Gasteiger partial charge in [0.2, 0.25) is 5.95 Å². The zero-order chi connectivity index (χ0) is 27.2. The molecule has 1 amide bonds. The van der Waals surface area contributed by atoms with Crippen LogP contribution in [0.4, 0.5) is 11.6 Å². The number of nitrogens with zero attached hydrogens (tertiary/aromatic N) is 5. The number of carboxylic acids is 2. The molecule has 0 aliphatic heterocycles. The topological polar surface area (TPSA) is 239 Å². The van der Waals surface area contributed by atoms with Crippen molar-refractivity contribution < 1.29 is 24.6 Å². The van der Waals surface area contributed by atoms with Gasteiger partial charge in [-0.1, -0.05) is 0 Å². The van der Waals surface area contributed by atoms with Crippen molar-refractivity contribution in [3.63, 3.8) is 0 Å². The Morgan fingerprint density at radius 1 is 1.08 bits per heavy atom. The number of hydrogen-bond donors (Lipinski definition) is 6. The standard InChI is InChI=1S/C23H21N9O6/c24-23-31-19-18(21(36)32-23)29-12(9-28-19)8-27-11-1-2-13(14(7-11)16-10-25-5-6-26-16)20(35)30-15(22(37)38)3-4-17(33)34/h1-2,5-7,9-10,15,27H,3-4,8H2,(H,30,35)(H,33,34)(H,37,38)(H3,24,28,31,32,36)/t15-/m0/s1. The maximum atomic E-state index is 13.0. The number of fused-ring (bicyclic) bond motifs is 1. The summed E-state index contributed by atoms with van der Waals surface area (Å²) in [6.45, 7) is 0.161. The summed E-state index contributed by atoms with van der Waals surface area (Å²) in [7, 11) is 0. The first-order valence-electron chi connectivity index (χ1n) is 11.1. The number of carbonyl (C=O) groups is 3. The minimum absolute atomic E-state index is 0.0293. The van der Waals surface area contributed by atoms with Gasteiger partial charge in [0.05, 0.1) is 30.3 Å². The van der Waals surface area contributed by atoms with Gasteiger partial charge in [0.1, 0.15) is 6.04 Å². The lowest BCUT2D eigenvalue weighted by Gasteiger charge is -2.16. The van der Waals surface area contributed by atoms with Gasteiger partial charge in [-0.15, -0.1) is 0 Å². The minimum atomic E-state index is -1.40. The van der Waals surface area contributed by atoms with E-state index in [0.717, 1.165) is 0 Å². The minimum Gasteiger partial charge on any atom is -0.481 e. The summed E-state index contributed by atoms with van der Waals surface area (Å²) in [6, 6.07) is 3.29. The Balaban J connectivity index is 1.59. The van der Waals surface area contributed by atoms with Crippen LogP contribution in [-0.2, 0) is 16.1 Å². The fourth-order valence-electron chi connectivity index (χ4n) is 3.51. The van der Waals surface area contributed by atoms with E-state index in [1.165, 1.54) is 30.9 Å². The zero-order valence-corrected chi connectivity index (χ0v) is 19.6. The van der Waals surface area contributed by atoms with Crippen LogP contribution in [0.15, 0.2) is 47.8 Å². The van der Waals surface area contributed by atoms with E-state index in [1.807, 2.05) is 0 Å². The van der Waals surface area contributed by atoms with Crippen molar-refractivity contribution >= 4 is 40.6 Å². The Morgan fingerprint density at radius 2 is 1.89 bits per heavy atom. The van der Waals surface area contributed by atoms with E-state index >= 15 is 0 Å². The third-order valence-corrected chi connectivity index (χ3v) is 5.31. The lowest BCUT2D eigenvalue weighted by atomic mass is 10.0. The first-order valence-corrected chi connectivity index (χ1v) is 11.1. The van der Waals surface area contributed by atoms with Gasteiger partial charge in [-0.05, 0) is 24.6 Å². The van der Waals surface area contributed by atoms with E-state index in [-0.39, 0.29) is 35.6 Å². The fraction of sp³-hybridized carbons (Fsp3) is 0.174. The van der Waals surface area contributed by atoms with Crippen LogP contribution in [-0.4, -0.2) is 64.0 Å².